The smallest absolute Gasteiger partial charge is 0.369 e. The first kappa shape index (κ1) is 24.8. The maximum absolute atomic E-state index is 13.9. The van der Waals surface area contributed by atoms with Gasteiger partial charge in [0.25, 0.3) is 5.56 Å². The average Bonchev–Trinajstić information content (AvgIpc) is 2.87. The van der Waals surface area contributed by atoms with Gasteiger partial charge in [-0.3, -0.25) is 9.36 Å². The van der Waals surface area contributed by atoms with Crippen LogP contribution in [0.3, 0.4) is 0 Å². The number of anilines is 2. The first-order valence-electron chi connectivity index (χ1n) is 12.9. The van der Waals surface area contributed by atoms with Gasteiger partial charge in [-0.15, -0.1) is 0 Å². The van der Waals surface area contributed by atoms with Crippen molar-refractivity contribution in [3.8, 4) is 0 Å². The molecular formula is C26H33F3N6O. The zero-order valence-electron chi connectivity index (χ0n) is 20.7. The van der Waals surface area contributed by atoms with Gasteiger partial charge >= 0.3 is 6.18 Å². The third kappa shape index (κ3) is 5.28. The second-order valence-corrected chi connectivity index (χ2v) is 10.1. The van der Waals surface area contributed by atoms with Crippen LogP contribution in [-0.4, -0.2) is 65.4 Å². The van der Waals surface area contributed by atoms with Crippen LogP contribution in [0.2, 0.25) is 0 Å². The quantitative estimate of drug-likeness (QED) is 0.380. The van der Waals surface area contributed by atoms with Crippen molar-refractivity contribution in [2.45, 2.75) is 57.2 Å². The summed E-state index contributed by atoms with van der Waals surface area (Å²) >= 11 is 0. The average molecular weight is 503 g/mol. The lowest BCUT2D eigenvalue weighted by atomic mass is 9.94. The molecule has 0 bridgehead atoms. The molecule has 10 heteroatoms. The molecule has 7 nitrogen and oxygen atoms in total. The number of nitrogens with zero attached hydrogens (tertiary/aromatic N) is 5. The number of hydrogen-bond acceptors (Lipinski definition) is 6. The Balaban J connectivity index is 1.55. The van der Waals surface area contributed by atoms with Crippen LogP contribution < -0.4 is 15.8 Å². The van der Waals surface area contributed by atoms with Crippen molar-refractivity contribution in [2.24, 2.45) is 0 Å². The predicted octanol–water partition coefficient (Wildman–Crippen LogP) is 4.96. The van der Waals surface area contributed by atoms with Gasteiger partial charge in [-0.2, -0.15) is 18.2 Å². The lowest BCUT2D eigenvalue weighted by Gasteiger charge is -2.34. The lowest BCUT2D eigenvalue weighted by molar-refractivity contribution is -0.134. The summed E-state index contributed by atoms with van der Waals surface area (Å²) < 4.78 is 39.3. The zero-order valence-corrected chi connectivity index (χ0v) is 20.7. The van der Waals surface area contributed by atoms with E-state index in [4.69, 9.17) is 0 Å². The molecule has 2 fully saturated rings. The number of pyridine rings is 1. The maximum atomic E-state index is 13.9. The van der Waals surface area contributed by atoms with Crippen molar-refractivity contribution in [3.05, 3.63) is 34.7 Å². The molecular weight excluding hydrogens is 469 g/mol. The first-order chi connectivity index (χ1) is 17.3. The number of benzene rings is 1. The number of alkyl halides is 3. The van der Waals surface area contributed by atoms with Crippen molar-refractivity contribution >= 4 is 33.4 Å². The molecule has 36 heavy (non-hydrogen) atoms. The van der Waals surface area contributed by atoms with E-state index in [9.17, 15) is 18.0 Å². The number of rotatable bonds is 6. The summed E-state index contributed by atoms with van der Waals surface area (Å²) in [5, 5.41) is 5.18. The van der Waals surface area contributed by atoms with Crippen molar-refractivity contribution in [2.75, 3.05) is 50.0 Å². The molecule has 0 spiro atoms. The van der Waals surface area contributed by atoms with Gasteiger partial charge in [0.1, 0.15) is 5.65 Å². The molecule has 1 aliphatic heterocycles. The van der Waals surface area contributed by atoms with E-state index in [0.717, 1.165) is 74.7 Å². The maximum Gasteiger partial charge on any atom is 0.389 e. The normalized spacial score (nSPS) is 18.3. The first-order valence-corrected chi connectivity index (χ1v) is 12.9. The van der Waals surface area contributed by atoms with E-state index in [1.807, 2.05) is 16.7 Å². The Labute approximate surface area is 208 Å². The van der Waals surface area contributed by atoms with Gasteiger partial charge < -0.3 is 15.1 Å². The minimum Gasteiger partial charge on any atom is -0.369 e. The summed E-state index contributed by atoms with van der Waals surface area (Å²) in [4.78, 5) is 27.6. The second kappa shape index (κ2) is 10.2. The van der Waals surface area contributed by atoms with Crippen LogP contribution in [0.15, 0.2) is 29.2 Å². The number of fused-ring (bicyclic) bond motifs is 3. The molecule has 2 aromatic heterocycles. The Morgan fingerprint density at radius 2 is 1.78 bits per heavy atom. The molecule has 0 radical (unpaired) electrons. The van der Waals surface area contributed by atoms with E-state index in [-0.39, 0.29) is 30.5 Å². The van der Waals surface area contributed by atoms with Gasteiger partial charge in [-0.25, -0.2) is 4.98 Å². The molecule has 194 valence electrons. The molecule has 1 saturated carbocycles. The Morgan fingerprint density at radius 1 is 1.03 bits per heavy atom. The van der Waals surface area contributed by atoms with E-state index < -0.39 is 12.6 Å². The van der Waals surface area contributed by atoms with E-state index in [1.165, 1.54) is 0 Å². The Hall–Kier alpha value is -2.88. The Kier molecular flexibility index (Phi) is 7.05. The number of aromatic nitrogens is 3. The van der Waals surface area contributed by atoms with Gasteiger partial charge in [0, 0.05) is 62.5 Å². The molecule has 0 unspecified atom stereocenters. The van der Waals surface area contributed by atoms with Crippen LogP contribution in [-0.2, 0) is 0 Å². The van der Waals surface area contributed by atoms with E-state index in [0.29, 0.717) is 11.0 Å². The summed E-state index contributed by atoms with van der Waals surface area (Å²) in [6.45, 7) is 3.90. The highest BCUT2D eigenvalue weighted by Crippen LogP contribution is 2.33. The summed E-state index contributed by atoms with van der Waals surface area (Å²) in [6, 6.07) is 6.10. The van der Waals surface area contributed by atoms with Gasteiger partial charge in [0.2, 0.25) is 5.95 Å². The highest BCUT2D eigenvalue weighted by Gasteiger charge is 2.26. The van der Waals surface area contributed by atoms with Crippen molar-refractivity contribution in [3.63, 3.8) is 0 Å². The van der Waals surface area contributed by atoms with Gasteiger partial charge in [0.05, 0.1) is 5.39 Å². The Morgan fingerprint density at radius 3 is 2.50 bits per heavy atom. The highest BCUT2D eigenvalue weighted by atomic mass is 19.4. The summed E-state index contributed by atoms with van der Waals surface area (Å²) in [6.07, 6.45) is 1.70. The van der Waals surface area contributed by atoms with E-state index in [1.54, 1.807) is 6.20 Å². The molecule has 3 heterocycles. The summed E-state index contributed by atoms with van der Waals surface area (Å²) in [5.74, 6) is 0.252. The third-order valence-electron chi connectivity index (χ3n) is 7.47. The fourth-order valence-electron chi connectivity index (χ4n) is 5.43. The number of nitrogens with one attached hydrogen (secondary N) is 1. The topological polar surface area (TPSA) is 66.3 Å². The monoisotopic (exact) mass is 502 g/mol. The Bertz CT molecular complexity index is 1280. The molecule has 2 aliphatic rings. The number of likely N-dealkylation sites (N-methyl/N-ethyl adjacent to an activating group) is 1. The molecule has 5 rings (SSSR count). The fourth-order valence-corrected chi connectivity index (χ4v) is 5.43. The minimum atomic E-state index is -4.19. The van der Waals surface area contributed by atoms with Crippen LogP contribution in [0.4, 0.5) is 24.8 Å². The molecule has 1 aliphatic carbocycles. The van der Waals surface area contributed by atoms with Crippen LogP contribution in [0.5, 0.6) is 0 Å². The van der Waals surface area contributed by atoms with Gasteiger partial charge in [-0.1, -0.05) is 25.3 Å². The minimum absolute atomic E-state index is 0.0536. The largest absolute Gasteiger partial charge is 0.389 e. The van der Waals surface area contributed by atoms with Crippen LogP contribution >= 0.6 is 0 Å². The van der Waals surface area contributed by atoms with Gasteiger partial charge in [0.15, 0.2) is 0 Å². The molecule has 1 aromatic carbocycles. The predicted molar refractivity (Wildman–Crippen MR) is 137 cm³/mol. The molecule has 0 amide bonds. The number of hydrogen-bond donors (Lipinski definition) is 1. The molecule has 1 N–H and O–H groups in total. The number of halogens is 3. The SMILES string of the molecule is CN1CCN(c2ccc3c(c2)c(=O)n(C2CCCCC2)c2nc(NCCCC(F)(F)F)ncc32)CC1. The molecule has 3 aromatic rings. The van der Waals surface area contributed by atoms with Crippen molar-refractivity contribution in [1.82, 2.24) is 19.4 Å². The van der Waals surface area contributed by atoms with E-state index in [2.05, 4.69) is 38.2 Å². The van der Waals surface area contributed by atoms with E-state index >= 15 is 0 Å². The van der Waals surface area contributed by atoms with Crippen LogP contribution in [0.1, 0.15) is 51.0 Å². The third-order valence-corrected chi connectivity index (χ3v) is 7.47. The van der Waals surface area contributed by atoms with Crippen LogP contribution in [0, 0.1) is 0 Å². The van der Waals surface area contributed by atoms with Crippen molar-refractivity contribution in [1.29, 1.82) is 0 Å². The lowest BCUT2D eigenvalue weighted by Crippen LogP contribution is -2.44. The zero-order chi connectivity index (χ0) is 25.3. The van der Waals surface area contributed by atoms with Gasteiger partial charge in [-0.05, 0) is 43.8 Å². The highest BCUT2D eigenvalue weighted by molar-refractivity contribution is 6.05. The van der Waals surface area contributed by atoms with Crippen molar-refractivity contribution < 1.29 is 13.2 Å². The number of piperazine rings is 1. The van der Waals surface area contributed by atoms with Crippen LogP contribution in [0.25, 0.3) is 21.8 Å². The summed E-state index contributed by atoms with van der Waals surface area (Å²) in [7, 11) is 2.12. The second-order valence-electron chi connectivity index (χ2n) is 10.1. The fraction of sp³-hybridized carbons (Fsp3) is 0.577. The molecule has 1 saturated heterocycles. The summed E-state index contributed by atoms with van der Waals surface area (Å²) in [5.41, 5.74) is 1.55. The standard InChI is InChI=1S/C26H33F3N6O/c1-33-12-14-34(15-13-33)19-8-9-20-21(16-19)24(36)35(18-6-3-2-4-7-18)23-22(20)17-31-25(32-23)30-11-5-10-26(27,28)29/h8-9,16-18H,2-7,10-15H2,1H3,(H,30,31,32). The molecule has 0 atom stereocenters.